The topological polar surface area (TPSA) is 52.6 Å². The highest BCUT2D eigenvalue weighted by Gasteiger charge is 2.36. The zero-order valence-corrected chi connectivity index (χ0v) is 10.1. The third kappa shape index (κ3) is 2.92. The summed E-state index contributed by atoms with van der Waals surface area (Å²) in [5.74, 6) is 0.363. The van der Waals surface area contributed by atoms with Crippen molar-refractivity contribution in [1.82, 2.24) is 10.2 Å². The number of nitrogens with one attached hydrogen (secondary N) is 1. The van der Waals surface area contributed by atoms with Gasteiger partial charge in [0.25, 0.3) is 0 Å². The van der Waals surface area contributed by atoms with Crippen LogP contribution in [0.25, 0.3) is 0 Å². The summed E-state index contributed by atoms with van der Waals surface area (Å²) >= 11 is 0. The standard InChI is InChI=1S/C11H22N2O2/c1-8-5-12-10(15)9(7-14)13(6-8)11(2,3)4/h8-9,14H,5-7H2,1-4H3,(H,12,15). The van der Waals surface area contributed by atoms with E-state index in [2.05, 4.69) is 37.9 Å². The van der Waals surface area contributed by atoms with Crippen LogP contribution in [0.3, 0.4) is 0 Å². The third-order valence-electron chi connectivity index (χ3n) is 2.85. The molecule has 2 N–H and O–H groups in total. The minimum absolute atomic E-state index is 0.0585. The van der Waals surface area contributed by atoms with Gasteiger partial charge in [0.2, 0.25) is 5.91 Å². The van der Waals surface area contributed by atoms with Gasteiger partial charge in [0, 0.05) is 18.6 Å². The van der Waals surface area contributed by atoms with Gasteiger partial charge in [-0.05, 0) is 26.7 Å². The monoisotopic (exact) mass is 214 g/mol. The van der Waals surface area contributed by atoms with E-state index >= 15 is 0 Å². The van der Waals surface area contributed by atoms with E-state index in [9.17, 15) is 9.90 Å². The molecule has 1 fully saturated rings. The van der Waals surface area contributed by atoms with E-state index in [1.54, 1.807) is 0 Å². The minimum Gasteiger partial charge on any atom is -0.394 e. The Hall–Kier alpha value is -0.610. The molecule has 1 heterocycles. The summed E-state index contributed by atoms with van der Waals surface area (Å²) in [5, 5.41) is 12.2. The van der Waals surface area contributed by atoms with Crippen molar-refractivity contribution in [2.75, 3.05) is 19.7 Å². The molecule has 2 atom stereocenters. The summed E-state index contributed by atoms with van der Waals surface area (Å²) in [6, 6.07) is -0.407. The first-order chi connectivity index (χ1) is 6.86. The van der Waals surface area contributed by atoms with Crippen LogP contribution in [0.4, 0.5) is 0 Å². The number of hydrogen-bond acceptors (Lipinski definition) is 3. The summed E-state index contributed by atoms with van der Waals surface area (Å²) in [6.07, 6.45) is 0. The predicted molar refractivity (Wildman–Crippen MR) is 59.5 cm³/mol. The molecular formula is C11H22N2O2. The first kappa shape index (κ1) is 12.5. The predicted octanol–water partition coefficient (Wildman–Crippen LogP) is 0.214. The van der Waals surface area contributed by atoms with Crippen molar-refractivity contribution in [3.05, 3.63) is 0 Å². The Morgan fingerprint density at radius 3 is 2.60 bits per heavy atom. The third-order valence-corrected chi connectivity index (χ3v) is 2.85. The fourth-order valence-electron chi connectivity index (χ4n) is 1.98. The highest BCUT2D eigenvalue weighted by molar-refractivity contribution is 5.82. The molecule has 0 spiro atoms. The molecule has 4 nitrogen and oxygen atoms in total. The molecule has 0 aromatic rings. The largest absolute Gasteiger partial charge is 0.394 e. The van der Waals surface area contributed by atoms with Gasteiger partial charge in [-0.25, -0.2) is 0 Å². The average Bonchev–Trinajstić information content (AvgIpc) is 2.25. The number of aliphatic hydroxyl groups excluding tert-OH is 1. The number of amides is 1. The number of hydrogen-bond donors (Lipinski definition) is 2. The Labute approximate surface area is 91.6 Å². The van der Waals surface area contributed by atoms with Gasteiger partial charge in [0.1, 0.15) is 6.04 Å². The molecule has 1 aliphatic heterocycles. The lowest BCUT2D eigenvalue weighted by Gasteiger charge is -2.39. The summed E-state index contributed by atoms with van der Waals surface area (Å²) in [6.45, 7) is 9.74. The SMILES string of the molecule is CC1CNC(=O)C(CO)N(C(C)(C)C)C1. The van der Waals surface area contributed by atoms with Crippen molar-refractivity contribution >= 4 is 5.91 Å². The van der Waals surface area contributed by atoms with Gasteiger partial charge in [0.05, 0.1) is 6.61 Å². The van der Waals surface area contributed by atoms with Crippen molar-refractivity contribution < 1.29 is 9.90 Å². The summed E-state index contributed by atoms with van der Waals surface area (Å²) in [4.78, 5) is 13.8. The average molecular weight is 214 g/mol. The molecule has 2 unspecified atom stereocenters. The van der Waals surface area contributed by atoms with E-state index in [0.717, 1.165) is 6.54 Å². The number of carbonyl (C=O) groups excluding carboxylic acids is 1. The van der Waals surface area contributed by atoms with E-state index in [1.807, 2.05) is 0 Å². The molecule has 1 aliphatic rings. The van der Waals surface area contributed by atoms with Crippen molar-refractivity contribution in [2.45, 2.75) is 39.3 Å². The quantitative estimate of drug-likeness (QED) is 0.656. The summed E-state index contributed by atoms with van der Waals surface area (Å²) in [7, 11) is 0. The number of carbonyl (C=O) groups is 1. The molecule has 88 valence electrons. The molecule has 0 aliphatic carbocycles. The van der Waals surface area contributed by atoms with E-state index < -0.39 is 6.04 Å². The normalized spacial score (nSPS) is 29.8. The fourth-order valence-corrected chi connectivity index (χ4v) is 1.98. The van der Waals surface area contributed by atoms with Crippen molar-refractivity contribution in [2.24, 2.45) is 5.92 Å². The Morgan fingerprint density at radius 2 is 2.13 bits per heavy atom. The van der Waals surface area contributed by atoms with Crippen LogP contribution in [-0.4, -0.2) is 47.2 Å². The van der Waals surface area contributed by atoms with E-state index in [4.69, 9.17) is 0 Å². The van der Waals surface area contributed by atoms with Crippen LogP contribution in [0.2, 0.25) is 0 Å². The molecule has 0 bridgehead atoms. The van der Waals surface area contributed by atoms with Crippen LogP contribution in [0.5, 0.6) is 0 Å². The number of nitrogens with zero attached hydrogens (tertiary/aromatic N) is 1. The summed E-state index contributed by atoms with van der Waals surface area (Å²) in [5.41, 5.74) is -0.0939. The van der Waals surface area contributed by atoms with Gasteiger partial charge in [-0.1, -0.05) is 6.92 Å². The smallest absolute Gasteiger partial charge is 0.239 e. The maximum atomic E-state index is 11.7. The number of aliphatic hydroxyl groups is 1. The molecule has 1 saturated heterocycles. The van der Waals surface area contributed by atoms with Gasteiger partial charge < -0.3 is 10.4 Å². The zero-order valence-electron chi connectivity index (χ0n) is 10.1. The molecule has 1 rings (SSSR count). The van der Waals surface area contributed by atoms with Crippen LogP contribution in [0.1, 0.15) is 27.7 Å². The molecule has 1 amide bonds. The molecule has 0 aromatic heterocycles. The van der Waals surface area contributed by atoms with Crippen LogP contribution in [-0.2, 0) is 4.79 Å². The van der Waals surface area contributed by atoms with Gasteiger partial charge in [-0.2, -0.15) is 0 Å². The Kier molecular flexibility index (Phi) is 3.73. The maximum Gasteiger partial charge on any atom is 0.239 e. The molecular weight excluding hydrogens is 192 g/mol. The second-order valence-electron chi connectivity index (χ2n) is 5.37. The van der Waals surface area contributed by atoms with Crippen LogP contribution in [0, 0.1) is 5.92 Å². The summed E-state index contributed by atoms with van der Waals surface area (Å²) < 4.78 is 0. The Morgan fingerprint density at radius 1 is 1.53 bits per heavy atom. The molecule has 0 saturated carbocycles. The molecule has 0 radical (unpaired) electrons. The fraction of sp³-hybridized carbons (Fsp3) is 0.909. The number of rotatable bonds is 1. The molecule has 15 heavy (non-hydrogen) atoms. The second-order valence-corrected chi connectivity index (χ2v) is 5.37. The Balaban J connectivity index is 2.90. The van der Waals surface area contributed by atoms with Crippen molar-refractivity contribution in [3.63, 3.8) is 0 Å². The van der Waals surface area contributed by atoms with Gasteiger partial charge in [-0.3, -0.25) is 9.69 Å². The lowest BCUT2D eigenvalue weighted by Crippen LogP contribution is -2.54. The molecule has 0 aromatic carbocycles. The lowest BCUT2D eigenvalue weighted by atomic mass is 10.0. The van der Waals surface area contributed by atoms with Crippen LogP contribution < -0.4 is 5.32 Å². The Bertz CT molecular complexity index is 235. The van der Waals surface area contributed by atoms with Crippen molar-refractivity contribution in [1.29, 1.82) is 0 Å². The zero-order chi connectivity index (χ0) is 11.6. The van der Waals surface area contributed by atoms with Crippen LogP contribution >= 0.6 is 0 Å². The van der Waals surface area contributed by atoms with Crippen molar-refractivity contribution in [3.8, 4) is 0 Å². The first-order valence-electron chi connectivity index (χ1n) is 5.51. The first-order valence-corrected chi connectivity index (χ1v) is 5.51. The maximum absolute atomic E-state index is 11.7. The second kappa shape index (κ2) is 4.49. The van der Waals surface area contributed by atoms with Crippen LogP contribution in [0.15, 0.2) is 0 Å². The van der Waals surface area contributed by atoms with Gasteiger partial charge >= 0.3 is 0 Å². The highest BCUT2D eigenvalue weighted by Crippen LogP contribution is 2.20. The van der Waals surface area contributed by atoms with Gasteiger partial charge in [0.15, 0.2) is 0 Å². The minimum atomic E-state index is -0.407. The van der Waals surface area contributed by atoms with Gasteiger partial charge in [-0.15, -0.1) is 0 Å². The van der Waals surface area contributed by atoms with E-state index in [1.165, 1.54) is 0 Å². The lowest BCUT2D eigenvalue weighted by molar-refractivity contribution is -0.129. The van der Waals surface area contributed by atoms with E-state index in [-0.39, 0.29) is 18.1 Å². The van der Waals surface area contributed by atoms with E-state index in [0.29, 0.717) is 12.5 Å². The molecule has 4 heteroatoms. The highest BCUT2D eigenvalue weighted by atomic mass is 16.3.